The smallest absolute Gasteiger partial charge is 0.246 e. The molecule has 1 saturated heterocycles. The summed E-state index contributed by atoms with van der Waals surface area (Å²) in [6, 6.07) is 8.35. The average molecular weight is 392 g/mol. The minimum atomic E-state index is -4.09. The standard InChI is InChI=1S/C18H18F2N4O2S/c1-12-2-5-15-16(10-12)22-18(21-15)23-6-8-24(9-7-23)27(25,26)17-11-13(19)3-4-14(17)20/h2-5,10-11H,6-9H2,1H3,(H,21,22). The Balaban J connectivity index is 1.53. The summed E-state index contributed by atoms with van der Waals surface area (Å²) in [4.78, 5) is 9.10. The van der Waals surface area contributed by atoms with Crippen LogP contribution >= 0.6 is 0 Å². The second-order valence-corrected chi connectivity index (χ2v) is 8.45. The molecule has 0 bridgehead atoms. The molecule has 1 aliphatic rings. The van der Waals surface area contributed by atoms with Gasteiger partial charge < -0.3 is 9.88 Å². The van der Waals surface area contributed by atoms with Crippen LogP contribution in [0.15, 0.2) is 41.3 Å². The van der Waals surface area contributed by atoms with Crippen LogP contribution < -0.4 is 4.90 Å². The number of aromatic nitrogens is 2. The van der Waals surface area contributed by atoms with Crippen LogP contribution in [-0.4, -0.2) is 48.9 Å². The highest BCUT2D eigenvalue weighted by Gasteiger charge is 2.31. The minimum absolute atomic E-state index is 0.161. The van der Waals surface area contributed by atoms with Crippen LogP contribution in [0, 0.1) is 18.6 Å². The molecule has 27 heavy (non-hydrogen) atoms. The summed E-state index contributed by atoms with van der Waals surface area (Å²) in [5.41, 5.74) is 2.88. The van der Waals surface area contributed by atoms with Crippen LogP contribution in [0.5, 0.6) is 0 Å². The number of sulfonamides is 1. The molecule has 1 N–H and O–H groups in total. The highest BCUT2D eigenvalue weighted by Crippen LogP contribution is 2.24. The predicted molar refractivity (Wildman–Crippen MR) is 98.2 cm³/mol. The number of imidazole rings is 1. The molecule has 0 radical (unpaired) electrons. The topological polar surface area (TPSA) is 69.3 Å². The maximum absolute atomic E-state index is 13.9. The van der Waals surface area contributed by atoms with Gasteiger partial charge in [0.1, 0.15) is 16.5 Å². The molecule has 1 aromatic heterocycles. The molecule has 0 aliphatic carbocycles. The average Bonchev–Trinajstić information content (AvgIpc) is 3.07. The number of aryl methyl sites for hydroxylation is 1. The monoisotopic (exact) mass is 392 g/mol. The lowest BCUT2D eigenvalue weighted by molar-refractivity contribution is 0.380. The number of hydrogen-bond donors (Lipinski definition) is 1. The van der Waals surface area contributed by atoms with Crippen LogP contribution in [0.3, 0.4) is 0 Å². The van der Waals surface area contributed by atoms with E-state index in [0.717, 1.165) is 34.8 Å². The lowest BCUT2D eigenvalue weighted by Crippen LogP contribution is -2.49. The number of hydrogen-bond acceptors (Lipinski definition) is 4. The quantitative estimate of drug-likeness (QED) is 0.744. The van der Waals surface area contributed by atoms with Crippen molar-refractivity contribution in [1.82, 2.24) is 14.3 Å². The van der Waals surface area contributed by atoms with Gasteiger partial charge in [0.05, 0.1) is 11.0 Å². The Hall–Kier alpha value is -2.52. The molecular formula is C18H18F2N4O2S. The molecule has 9 heteroatoms. The van der Waals surface area contributed by atoms with Crippen LogP contribution in [0.1, 0.15) is 5.56 Å². The number of aromatic amines is 1. The van der Waals surface area contributed by atoms with Crippen molar-refractivity contribution in [3.63, 3.8) is 0 Å². The molecule has 142 valence electrons. The molecule has 4 rings (SSSR count). The number of H-pyrrole nitrogens is 1. The minimum Gasteiger partial charge on any atom is -0.340 e. The van der Waals surface area contributed by atoms with E-state index in [4.69, 9.17) is 0 Å². The summed E-state index contributed by atoms with van der Waals surface area (Å²) >= 11 is 0. The Kier molecular flexibility index (Phi) is 4.35. The Labute approximate surface area is 155 Å². The number of fused-ring (bicyclic) bond motifs is 1. The molecule has 3 aromatic rings. The molecule has 1 aliphatic heterocycles. The van der Waals surface area contributed by atoms with E-state index in [1.807, 2.05) is 30.0 Å². The van der Waals surface area contributed by atoms with E-state index in [2.05, 4.69) is 9.97 Å². The predicted octanol–water partition coefficient (Wildman–Crippen LogP) is 2.66. The summed E-state index contributed by atoms with van der Waals surface area (Å²) in [6.07, 6.45) is 0. The van der Waals surface area contributed by atoms with E-state index in [9.17, 15) is 17.2 Å². The van der Waals surface area contributed by atoms with Gasteiger partial charge in [-0.15, -0.1) is 0 Å². The number of benzene rings is 2. The first-order chi connectivity index (χ1) is 12.8. The fourth-order valence-electron chi connectivity index (χ4n) is 3.21. The molecule has 0 amide bonds. The fraction of sp³-hybridized carbons (Fsp3) is 0.278. The van der Waals surface area contributed by atoms with Gasteiger partial charge in [-0.2, -0.15) is 4.31 Å². The van der Waals surface area contributed by atoms with Gasteiger partial charge in [0.15, 0.2) is 0 Å². The van der Waals surface area contributed by atoms with Gasteiger partial charge in [-0.3, -0.25) is 0 Å². The van der Waals surface area contributed by atoms with Crippen LogP contribution in [0.4, 0.5) is 14.7 Å². The van der Waals surface area contributed by atoms with Crippen molar-refractivity contribution in [3.05, 3.63) is 53.6 Å². The van der Waals surface area contributed by atoms with Crippen molar-refractivity contribution < 1.29 is 17.2 Å². The van der Waals surface area contributed by atoms with Crippen molar-refractivity contribution in [3.8, 4) is 0 Å². The van der Waals surface area contributed by atoms with Gasteiger partial charge >= 0.3 is 0 Å². The van der Waals surface area contributed by atoms with Gasteiger partial charge in [0, 0.05) is 26.2 Å². The van der Waals surface area contributed by atoms with Crippen molar-refractivity contribution in [2.75, 3.05) is 31.1 Å². The molecule has 1 fully saturated rings. The first-order valence-corrected chi connectivity index (χ1v) is 9.95. The van der Waals surface area contributed by atoms with Gasteiger partial charge in [-0.05, 0) is 42.8 Å². The van der Waals surface area contributed by atoms with Crippen molar-refractivity contribution in [2.45, 2.75) is 11.8 Å². The van der Waals surface area contributed by atoms with E-state index in [-0.39, 0.29) is 13.1 Å². The number of piperazine rings is 1. The third-order valence-electron chi connectivity index (χ3n) is 4.67. The maximum Gasteiger partial charge on any atom is 0.246 e. The van der Waals surface area contributed by atoms with Crippen molar-refractivity contribution >= 4 is 27.0 Å². The lowest BCUT2D eigenvalue weighted by atomic mass is 10.2. The van der Waals surface area contributed by atoms with E-state index in [1.54, 1.807) is 0 Å². The summed E-state index contributed by atoms with van der Waals surface area (Å²) in [5.74, 6) is -1.07. The zero-order valence-electron chi connectivity index (χ0n) is 14.6. The number of nitrogens with zero attached hydrogens (tertiary/aromatic N) is 3. The summed E-state index contributed by atoms with van der Waals surface area (Å²) in [7, 11) is -4.09. The molecule has 2 heterocycles. The number of anilines is 1. The molecule has 0 unspecified atom stereocenters. The lowest BCUT2D eigenvalue weighted by Gasteiger charge is -2.33. The molecular weight excluding hydrogens is 374 g/mol. The van der Waals surface area contributed by atoms with Crippen LogP contribution in [-0.2, 0) is 10.0 Å². The van der Waals surface area contributed by atoms with Gasteiger partial charge in [-0.1, -0.05) is 6.07 Å². The zero-order chi connectivity index (χ0) is 19.2. The number of halogens is 2. The molecule has 0 atom stereocenters. The highest BCUT2D eigenvalue weighted by atomic mass is 32.2. The normalized spacial score (nSPS) is 16.2. The summed E-state index contributed by atoms with van der Waals surface area (Å²) in [6.45, 7) is 3.11. The number of rotatable bonds is 3. The van der Waals surface area contributed by atoms with Gasteiger partial charge in [0.2, 0.25) is 16.0 Å². The first-order valence-electron chi connectivity index (χ1n) is 8.51. The molecule has 6 nitrogen and oxygen atoms in total. The van der Waals surface area contributed by atoms with Crippen molar-refractivity contribution in [1.29, 1.82) is 0 Å². The zero-order valence-corrected chi connectivity index (χ0v) is 15.4. The first kappa shape index (κ1) is 17.9. The fourth-order valence-corrected chi connectivity index (χ4v) is 4.71. The second-order valence-electron chi connectivity index (χ2n) is 6.55. The van der Waals surface area contributed by atoms with E-state index in [1.165, 1.54) is 4.31 Å². The van der Waals surface area contributed by atoms with Crippen LogP contribution in [0.25, 0.3) is 11.0 Å². The molecule has 2 aromatic carbocycles. The maximum atomic E-state index is 13.9. The Bertz CT molecular complexity index is 1110. The Morgan fingerprint density at radius 2 is 1.78 bits per heavy atom. The molecule has 0 spiro atoms. The summed E-state index contributed by atoms with van der Waals surface area (Å²) in [5, 5.41) is 0. The molecule has 0 saturated carbocycles. The van der Waals surface area contributed by atoms with Crippen LogP contribution in [0.2, 0.25) is 0 Å². The highest BCUT2D eigenvalue weighted by molar-refractivity contribution is 7.89. The third-order valence-corrected chi connectivity index (χ3v) is 6.59. The SMILES string of the molecule is Cc1ccc2nc(N3CCN(S(=O)(=O)c4cc(F)ccc4F)CC3)[nH]c2c1. The Morgan fingerprint density at radius 3 is 2.52 bits per heavy atom. The van der Waals surface area contributed by atoms with E-state index < -0.39 is 26.6 Å². The van der Waals surface area contributed by atoms with Crippen molar-refractivity contribution in [2.24, 2.45) is 0 Å². The van der Waals surface area contributed by atoms with E-state index in [0.29, 0.717) is 19.0 Å². The third kappa shape index (κ3) is 3.28. The van der Waals surface area contributed by atoms with Gasteiger partial charge in [-0.25, -0.2) is 22.2 Å². The van der Waals surface area contributed by atoms with E-state index >= 15 is 0 Å². The van der Waals surface area contributed by atoms with Gasteiger partial charge in [0.25, 0.3) is 0 Å². The largest absolute Gasteiger partial charge is 0.340 e. The summed E-state index contributed by atoms with van der Waals surface area (Å²) < 4.78 is 53.8. The Morgan fingerprint density at radius 1 is 1.04 bits per heavy atom. The second kappa shape index (κ2) is 6.58. The number of nitrogens with one attached hydrogen (secondary N) is 1.